The third-order valence-electron chi connectivity index (χ3n) is 5.56. The Bertz CT molecular complexity index is 256. The standard InChI is InChI=1S/C18H35NO/c1-2-16-13-14-19(15-16)17-11-9-7-5-3-4-6-8-10-12-18(17)20/h16-18,20H,2-15H2,1H3. The Balaban J connectivity index is 1.87. The molecule has 0 aromatic heterocycles. The van der Waals surface area contributed by atoms with E-state index in [0.717, 1.165) is 12.3 Å². The number of hydrogen-bond acceptors (Lipinski definition) is 2. The lowest BCUT2D eigenvalue weighted by atomic mass is 9.95. The van der Waals surface area contributed by atoms with Crippen molar-refractivity contribution >= 4 is 0 Å². The smallest absolute Gasteiger partial charge is 0.0695 e. The molecule has 0 spiro atoms. The van der Waals surface area contributed by atoms with Crippen molar-refractivity contribution < 1.29 is 5.11 Å². The van der Waals surface area contributed by atoms with Crippen molar-refractivity contribution in [3.05, 3.63) is 0 Å². The van der Waals surface area contributed by atoms with Gasteiger partial charge in [-0.15, -0.1) is 0 Å². The van der Waals surface area contributed by atoms with Gasteiger partial charge in [0, 0.05) is 12.6 Å². The number of rotatable bonds is 2. The van der Waals surface area contributed by atoms with Gasteiger partial charge in [-0.05, 0) is 31.7 Å². The summed E-state index contributed by atoms with van der Waals surface area (Å²) < 4.78 is 0. The van der Waals surface area contributed by atoms with Crippen LogP contribution in [0.3, 0.4) is 0 Å². The molecule has 2 nitrogen and oxygen atoms in total. The van der Waals surface area contributed by atoms with Crippen LogP contribution in [0, 0.1) is 5.92 Å². The van der Waals surface area contributed by atoms with Gasteiger partial charge in [0.1, 0.15) is 0 Å². The van der Waals surface area contributed by atoms with Crippen molar-refractivity contribution in [3.63, 3.8) is 0 Å². The molecular weight excluding hydrogens is 246 g/mol. The van der Waals surface area contributed by atoms with E-state index in [1.807, 2.05) is 0 Å². The molecular formula is C18H35NO. The lowest BCUT2D eigenvalue weighted by molar-refractivity contribution is 0.0454. The SMILES string of the molecule is CCC1CCN(C2CCCCCCCCCCC2O)C1. The summed E-state index contributed by atoms with van der Waals surface area (Å²) in [5.41, 5.74) is 0. The third-order valence-corrected chi connectivity index (χ3v) is 5.56. The minimum Gasteiger partial charge on any atom is -0.391 e. The highest BCUT2D eigenvalue weighted by molar-refractivity contribution is 4.85. The van der Waals surface area contributed by atoms with Crippen LogP contribution in [-0.2, 0) is 0 Å². The molecule has 1 N–H and O–H groups in total. The van der Waals surface area contributed by atoms with Crippen LogP contribution in [0.4, 0.5) is 0 Å². The second-order valence-electron chi connectivity index (χ2n) is 7.10. The van der Waals surface area contributed by atoms with E-state index < -0.39 is 0 Å². The summed E-state index contributed by atoms with van der Waals surface area (Å²) >= 11 is 0. The first kappa shape index (κ1) is 16.3. The molecule has 3 unspecified atom stereocenters. The second-order valence-corrected chi connectivity index (χ2v) is 7.10. The van der Waals surface area contributed by atoms with Gasteiger partial charge in [-0.3, -0.25) is 4.90 Å². The highest BCUT2D eigenvalue weighted by Crippen LogP contribution is 2.27. The van der Waals surface area contributed by atoms with Gasteiger partial charge in [-0.2, -0.15) is 0 Å². The Kier molecular flexibility index (Phi) is 7.37. The zero-order chi connectivity index (χ0) is 14.2. The maximum absolute atomic E-state index is 10.6. The number of likely N-dealkylation sites (tertiary alicyclic amines) is 1. The van der Waals surface area contributed by atoms with Crippen molar-refractivity contribution in [2.24, 2.45) is 5.92 Å². The number of aliphatic hydroxyl groups excluding tert-OH is 1. The summed E-state index contributed by atoms with van der Waals surface area (Å²) in [6, 6.07) is 0.450. The minimum atomic E-state index is -0.0787. The molecule has 2 aliphatic rings. The van der Waals surface area contributed by atoms with E-state index in [1.54, 1.807) is 0 Å². The average molecular weight is 281 g/mol. The Labute approximate surface area is 125 Å². The summed E-state index contributed by atoms with van der Waals surface area (Å²) in [5.74, 6) is 0.878. The second kappa shape index (κ2) is 9.04. The van der Waals surface area contributed by atoms with Crippen LogP contribution in [0.5, 0.6) is 0 Å². The fraction of sp³-hybridized carbons (Fsp3) is 1.00. The predicted octanol–water partition coefficient (Wildman–Crippen LogP) is 4.36. The van der Waals surface area contributed by atoms with Crippen LogP contribution < -0.4 is 0 Å². The first-order valence-electron chi connectivity index (χ1n) is 9.23. The van der Waals surface area contributed by atoms with Gasteiger partial charge < -0.3 is 5.11 Å². The van der Waals surface area contributed by atoms with Gasteiger partial charge >= 0.3 is 0 Å². The fourth-order valence-electron chi connectivity index (χ4n) is 4.08. The van der Waals surface area contributed by atoms with Crippen LogP contribution in [0.15, 0.2) is 0 Å². The first-order valence-corrected chi connectivity index (χ1v) is 9.23. The van der Waals surface area contributed by atoms with E-state index in [4.69, 9.17) is 0 Å². The molecule has 0 amide bonds. The Morgan fingerprint density at radius 2 is 1.45 bits per heavy atom. The van der Waals surface area contributed by atoms with Gasteiger partial charge in [0.2, 0.25) is 0 Å². The van der Waals surface area contributed by atoms with Crippen molar-refractivity contribution in [2.75, 3.05) is 13.1 Å². The van der Waals surface area contributed by atoms with E-state index in [0.29, 0.717) is 6.04 Å². The molecule has 1 saturated heterocycles. The maximum atomic E-state index is 10.6. The third kappa shape index (κ3) is 5.04. The zero-order valence-electron chi connectivity index (χ0n) is 13.5. The molecule has 2 rings (SSSR count). The van der Waals surface area contributed by atoms with E-state index in [9.17, 15) is 5.11 Å². The van der Waals surface area contributed by atoms with Crippen LogP contribution >= 0.6 is 0 Å². The van der Waals surface area contributed by atoms with Crippen molar-refractivity contribution in [1.82, 2.24) is 4.90 Å². The molecule has 0 bridgehead atoms. The van der Waals surface area contributed by atoms with Crippen molar-refractivity contribution in [1.29, 1.82) is 0 Å². The van der Waals surface area contributed by atoms with E-state index in [1.165, 1.54) is 83.7 Å². The summed E-state index contributed by atoms with van der Waals surface area (Å²) in [5, 5.41) is 10.6. The highest BCUT2D eigenvalue weighted by atomic mass is 16.3. The summed E-state index contributed by atoms with van der Waals surface area (Å²) in [6.07, 6.45) is 15.7. The van der Waals surface area contributed by atoms with Crippen LogP contribution in [0.1, 0.15) is 84.0 Å². The number of aliphatic hydroxyl groups is 1. The van der Waals surface area contributed by atoms with Gasteiger partial charge in [0.25, 0.3) is 0 Å². The molecule has 1 aliphatic heterocycles. The van der Waals surface area contributed by atoms with Crippen LogP contribution in [-0.4, -0.2) is 35.2 Å². The molecule has 0 aromatic carbocycles. The minimum absolute atomic E-state index is 0.0787. The number of hydrogen-bond donors (Lipinski definition) is 1. The quantitative estimate of drug-likeness (QED) is 0.813. The monoisotopic (exact) mass is 281 g/mol. The highest BCUT2D eigenvalue weighted by Gasteiger charge is 2.31. The molecule has 2 fully saturated rings. The van der Waals surface area contributed by atoms with Crippen molar-refractivity contribution in [3.8, 4) is 0 Å². The molecule has 0 radical (unpaired) electrons. The largest absolute Gasteiger partial charge is 0.391 e. The molecule has 1 heterocycles. The van der Waals surface area contributed by atoms with E-state index in [-0.39, 0.29) is 6.10 Å². The van der Waals surface area contributed by atoms with Gasteiger partial charge in [-0.1, -0.05) is 64.7 Å². The topological polar surface area (TPSA) is 23.5 Å². The predicted molar refractivity (Wildman–Crippen MR) is 85.9 cm³/mol. The summed E-state index contributed by atoms with van der Waals surface area (Å²) in [4.78, 5) is 2.62. The summed E-state index contributed by atoms with van der Waals surface area (Å²) in [6.45, 7) is 4.77. The molecule has 1 saturated carbocycles. The first-order chi connectivity index (χ1) is 9.81. The van der Waals surface area contributed by atoms with Gasteiger partial charge in [-0.25, -0.2) is 0 Å². The Morgan fingerprint density at radius 1 is 0.850 bits per heavy atom. The van der Waals surface area contributed by atoms with Crippen LogP contribution in [0.25, 0.3) is 0 Å². The molecule has 0 aromatic rings. The van der Waals surface area contributed by atoms with E-state index in [2.05, 4.69) is 11.8 Å². The molecule has 20 heavy (non-hydrogen) atoms. The molecule has 1 aliphatic carbocycles. The summed E-state index contributed by atoms with van der Waals surface area (Å²) in [7, 11) is 0. The zero-order valence-corrected chi connectivity index (χ0v) is 13.5. The van der Waals surface area contributed by atoms with Gasteiger partial charge in [0.05, 0.1) is 6.10 Å². The van der Waals surface area contributed by atoms with Gasteiger partial charge in [0.15, 0.2) is 0 Å². The lowest BCUT2D eigenvalue weighted by Crippen LogP contribution is -2.42. The maximum Gasteiger partial charge on any atom is 0.0695 e. The number of nitrogens with zero attached hydrogens (tertiary/aromatic N) is 1. The lowest BCUT2D eigenvalue weighted by Gasteiger charge is -2.32. The average Bonchev–Trinajstić information content (AvgIpc) is 2.91. The van der Waals surface area contributed by atoms with Crippen molar-refractivity contribution in [2.45, 2.75) is 96.1 Å². The fourth-order valence-corrected chi connectivity index (χ4v) is 4.08. The van der Waals surface area contributed by atoms with E-state index >= 15 is 0 Å². The molecule has 2 heteroatoms. The Hall–Kier alpha value is -0.0800. The Morgan fingerprint density at radius 3 is 2.05 bits per heavy atom. The molecule has 118 valence electrons. The molecule has 3 atom stereocenters. The normalized spacial score (nSPS) is 35.4. The van der Waals surface area contributed by atoms with Crippen LogP contribution in [0.2, 0.25) is 0 Å².